The molecule has 0 saturated heterocycles. The molecule has 0 aliphatic heterocycles. The highest BCUT2D eigenvalue weighted by atomic mass is 32.2. The summed E-state index contributed by atoms with van der Waals surface area (Å²) in [5.74, 6) is 1.73. The summed E-state index contributed by atoms with van der Waals surface area (Å²) >= 11 is 1.64. The van der Waals surface area contributed by atoms with Crippen LogP contribution >= 0.6 is 11.8 Å². The van der Waals surface area contributed by atoms with Crippen molar-refractivity contribution in [1.82, 2.24) is 14.9 Å². The van der Waals surface area contributed by atoms with Crippen molar-refractivity contribution in [3.05, 3.63) is 6.07 Å². The number of methoxy groups -OCH3 is 1. The van der Waals surface area contributed by atoms with Crippen LogP contribution < -0.4 is 10.5 Å². The van der Waals surface area contributed by atoms with Gasteiger partial charge in [0.05, 0.1) is 7.11 Å². The molecular formula is C9H16N4OS. The van der Waals surface area contributed by atoms with E-state index in [9.17, 15) is 0 Å². The highest BCUT2D eigenvalue weighted by molar-refractivity contribution is 7.99. The number of nitrogens with two attached hydrogens (primary N) is 1. The lowest BCUT2D eigenvalue weighted by Crippen LogP contribution is -2.14. The first-order valence-electron chi connectivity index (χ1n) is 4.58. The normalized spacial score (nSPS) is 10.7. The number of hydrogen-bond acceptors (Lipinski definition) is 6. The molecule has 84 valence electrons. The summed E-state index contributed by atoms with van der Waals surface area (Å²) in [7, 11) is 5.64. The van der Waals surface area contributed by atoms with Crippen LogP contribution in [0.15, 0.2) is 11.1 Å². The Morgan fingerprint density at radius 1 is 1.47 bits per heavy atom. The van der Waals surface area contributed by atoms with Gasteiger partial charge >= 0.3 is 0 Å². The summed E-state index contributed by atoms with van der Waals surface area (Å²) in [5, 5.41) is 0.848. The van der Waals surface area contributed by atoms with Crippen molar-refractivity contribution >= 4 is 17.7 Å². The Morgan fingerprint density at radius 2 is 2.20 bits per heavy atom. The van der Waals surface area contributed by atoms with Crippen molar-refractivity contribution < 1.29 is 4.74 Å². The van der Waals surface area contributed by atoms with E-state index >= 15 is 0 Å². The van der Waals surface area contributed by atoms with Crippen molar-refractivity contribution in [2.24, 2.45) is 0 Å². The summed E-state index contributed by atoms with van der Waals surface area (Å²) in [6, 6.07) is 1.79. The van der Waals surface area contributed by atoms with Gasteiger partial charge in [0.2, 0.25) is 11.8 Å². The van der Waals surface area contributed by atoms with Gasteiger partial charge in [0, 0.05) is 18.4 Å². The van der Waals surface area contributed by atoms with Gasteiger partial charge in [-0.1, -0.05) is 0 Å². The Hall–Kier alpha value is -1.01. The number of ether oxygens (including phenoxy) is 1. The standard InChI is InChI=1S/C9H16N4OS/c1-13(2)4-5-15-8-6-7(14-3)11-9(10)12-8/h6H,4-5H2,1-3H3,(H2,10,11,12). The number of aromatic nitrogens is 2. The third-order valence-electron chi connectivity index (χ3n) is 1.69. The van der Waals surface area contributed by atoms with Gasteiger partial charge in [-0.05, 0) is 14.1 Å². The monoisotopic (exact) mass is 228 g/mol. The molecule has 0 aliphatic carbocycles. The summed E-state index contributed by atoms with van der Waals surface area (Å²) in [4.78, 5) is 10.1. The molecule has 0 amide bonds. The first-order chi connectivity index (χ1) is 7.11. The van der Waals surface area contributed by atoms with Gasteiger partial charge in [-0.3, -0.25) is 0 Å². The zero-order valence-electron chi connectivity index (χ0n) is 9.23. The minimum Gasteiger partial charge on any atom is -0.481 e. The molecule has 1 rings (SSSR count). The van der Waals surface area contributed by atoms with Crippen molar-refractivity contribution in [3.63, 3.8) is 0 Å². The molecule has 0 bridgehead atoms. The summed E-state index contributed by atoms with van der Waals surface area (Å²) in [5.41, 5.74) is 5.54. The van der Waals surface area contributed by atoms with Gasteiger partial charge in [0.15, 0.2) is 0 Å². The van der Waals surface area contributed by atoms with E-state index in [4.69, 9.17) is 10.5 Å². The first-order valence-corrected chi connectivity index (χ1v) is 5.56. The van der Waals surface area contributed by atoms with Crippen LogP contribution in [0.4, 0.5) is 5.95 Å². The molecular weight excluding hydrogens is 212 g/mol. The van der Waals surface area contributed by atoms with Crippen LogP contribution in [-0.4, -0.2) is 48.4 Å². The van der Waals surface area contributed by atoms with Crippen molar-refractivity contribution in [2.75, 3.05) is 39.2 Å². The largest absolute Gasteiger partial charge is 0.481 e. The number of thioether (sulfide) groups is 1. The zero-order chi connectivity index (χ0) is 11.3. The highest BCUT2D eigenvalue weighted by Gasteiger charge is 2.03. The van der Waals surface area contributed by atoms with Crippen LogP contribution in [-0.2, 0) is 0 Å². The van der Waals surface area contributed by atoms with E-state index in [2.05, 4.69) is 14.9 Å². The van der Waals surface area contributed by atoms with Crippen LogP contribution in [0.25, 0.3) is 0 Å². The first kappa shape index (κ1) is 12.1. The highest BCUT2D eigenvalue weighted by Crippen LogP contribution is 2.20. The number of rotatable bonds is 5. The van der Waals surface area contributed by atoms with E-state index in [-0.39, 0.29) is 5.95 Å². The van der Waals surface area contributed by atoms with Crippen molar-refractivity contribution in [2.45, 2.75) is 5.03 Å². The maximum atomic E-state index is 5.54. The lowest BCUT2D eigenvalue weighted by atomic mass is 10.6. The van der Waals surface area contributed by atoms with E-state index in [0.717, 1.165) is 17.3 Å². The minimum absolute atomic E-state index is 0.252. The number of hydrogen-bond donors (Lipinski definition) is 1. The second-order valence-corrected chi connectivity index (χ2v) is 4.37. The average Bonchev–Trinajstić information content (AvgIpc) is 2.16. The van der Waals surface area contributed by atoms with Gasteiger partial charge in [-0.25, -0.2) is 4.98 Å². The zero-order valence-corrected chi connectivity index (χ0v) is 10.0. The molecule has 0 aromatic carbocycles. The Balaban J connectivity index is 2.56. The summed E-state index contributed by atoms with van der Waals surface area (Å²) < 4.78 is 5.01. The second kappa shape index (κ2) is 5.77. The number of nitrogens with zero attached hydrogens (tertiary/aromatic N) is 3. The van der Waals surface area contributed by atoms with E-state index in [1.165, 1.54) is 0 Å². The topological polar surface area (TPSA) is 64.3 Å². The van der Waals surface area contributed by atoms with Crippen LogP contribution in [0.1, 0.15) is 0 Å². The number of nitrogen functional groups attached to an aromatic ring is 1. The SMILES string of the molecule is COc1cc(SCCN(C)C)nc(N)n1. The van der Waals surface area contributed by atoms with E-state index in [1.54, 1.807) is 24.9 Å². The summed E-state index contributed by atoms with van der Waals surface area (Å²) in [6.07, 6.45) is 0. The molecule has 0 atom stereocenters. The van der Waals surface area contributed by atoms with Gasteiger partial charge in [0.25, 0.3) is 0 Å². The minimum atomic E-state index is 0.252. The maximum Gasteiger partial charge on any atom is 0.224 e. The van der Waals surface area contributed by atoms with Crippen LogP contribution in [0.3, 0.4) is 0 Å². The van der Waals surface area contributed by atoms with E-state index in [0.29, 0.717) is 5.88 Å². The van der Waals surface area contributed by atoms with Crippen LogP contribution in [0.2, 0.25) is 0 Å². The third-order valence-corrected chi connectivity index (χ3v) is 2.59. The predicted octanol–water partition coefficient (Wildman–Crippen LogP) is 0.721. The molecule has 0 fully saturated rings. The second-order valence-electron chi connectivity index (χ2n) is 3.26. The third kappa shape index (κ3) is 4.35. The van der Waals surface area contributed by atoms with E-state index < -0.39 is 0 Å². The molecule has 0 saturated carbocycles. The van der Waals surface area contributed by atoms with E-state index in [1.807, 2.05) is 14.1 Å². The van der Waals surface area contributed by atoms with Crippen molar-refractivity contribution in [1.29, 1.82) is 0 Å². The van der Waals surface area contributed by atoms with Crippen LogP contribution in [0.5, 0.6) is 5.88 Å². The molecule has 0 spiro atoms. The molecule has 6 heteroatoms. The molecule has 15 heavy (non-hydrogen) atoms. The fourth-order valence-corrected chi connectivity index (χ4v) is 1.94. The Labute approximate surface area is 94.0 Å². The van der Waals surface area contributed by atoms with Gasteiger partial charge < -0.3 is 15.4 Å². The predicted molar refractivity (Wildman–Crippen MR) is 62.3 cm³/mol. The fourth-order valence-electron chi connectivity index (χ4n) is 0.932. The Bertz CT molecular complexity index is 319. The van der Waals surface area contributed by atoms with Gasteiger partial charge in [-0.15, -0.1) is 11.8 Å². The molecule has 0 aliphatic rings. The number of anilines is 1. The lowest BCUT2D eigenvalue weighted by Gasteiger charge is -2.08. The molecule has 1 aromatic heterocycles. The molecule has 5 nitrogen and oxygen atoms in total. The molecule has 0 radical (unpaired) electrons. The molecule has 0 unspecified atom stereocenters. The van der Waals surface area contributed by atoms with Gasteiger partial charge in [0.1, 0.15) is 5.03 Å². The summed E-state index contributed by atoms with van der Waals surface area (Å²) in [6.45, 7) is 0.997. The quantitative estimate of drug-likeness (QED) is 0.592. The van der Waals surface area contributed by atoms with Crippen molar-refractivity contribution in [3.8, 4) is 5.88 Å². The Morgan fingerprint density at radius 3 is 2.80 bits per heavy atom. The van der Waals surface area contributed by atoms with Crippen LogP contribution in [0, 0.1) is 0 Å². The molecule has 2 N–H and O–H groups in total. The molecule has 1 aromatic rings. The fraction of sp³-hybridized carbons (Fsp3) is 0.556. The maximum absolute atomic E-state index is 5.54. The lowest BCUT2D eigenvalue weighted by molar-refractivity contribution is 0.396. The smallest absolute Gasteiger partial charge is 0.224 e. The van der Waals surface area contributed by atoms with Gasteiger partial charge in [-0.2, -0.15) is 4.98 Å². The molecule has 1 heterocycles. The average molecular weight is 228 g/mol. The Kier molecular flexibility index (Phi) is 4.64.